The first-order valence-electron chi connectivity index (χ1n) is 9.80. The third-order valence-corrected chi connectivity index (χ3v) is 5.06. The summed E-state index contributed by atoms with van der Waals surface area (Å²) in [6.45, 7) is 4.98. The van der Waals surface area contributed by atoms with Crippen molar-refractivity contribution in [2.24, 2.45) is 5.92 Å². The predicted molar refractivity (Wildman–Crippen MR) is 109 cm³/mol. The van der Waals surface area contributed by atoms with Gasteiger partial charge in [-0.1, -0.05) is 50.2 Å². The average Bonchev–Trinajstić information content (AvgIpc) is 2.67. The minimum atomic E-state index is -1.01. The lowest BCUT2D eigenvalue weighted by molar-refractivity contribution is -0.00846. The van der Waals surface area contributed by atoms with Gasteiger partial charge in [-0.25, -0.2) is 4.79 Å². The van der Waals surface area contributed by atoms with Gasteiger partial charge in [0.2, 0.25) is 0 Å². The second kappa shape index (κ2) is 9.02. The smallest absolute Gasteiger partial charge is 0.336 e. The van der Waals surface area contributed by atoms with Crippen LogP contribution in [0.25, 0.3) is 11.1 Å². The Morgan fingerprint density at radius 3 is 2.32 bits per heavy atom. The lowest BCUT2D eigenvalue weighted by Crippen LogP contribution is -2.42. The minimum absolute atomic E-state index is 0.0628. The molecular formula is C23H27NO4. The van der Waals surface area contributed by atoms with E-state index in [9.17, 15) is 14.7 Å². The quantitative estimate of drug-likeness (QED) is 0.779. The molecule has 1 fully saturated rings. The van der Waals surface area contributed by atoms with Gasteiger partial charge >= 0.3 is 5.97 Å². The fourth-order valence-electron chi connectivity index (χ4n) is 3.78. The fraction of sp³-hybridized carbons (Fsp3) is 0.391. The van der Waals surface area contributed by atoms with Crippen molar-refractivity contribution in [1.82, 2.24) is 5.32 Å². The Morgan fingerprint density at radius 2 is 1.68 bits per heavy atom. The number of aromatic carboxylic acids is 1. The molecule has 0 saturated carbocycles. The maximum Gasteiger partial charge on any atom is 0.336 e. The lowest BCUT2D eigenvalue weighted by atomic mass is 9.93. The van der Waals surface area contributed by atoms with Gasteiger partial charge in [0.05, 0.1) is 11.7 Å². The highest BCUT2D eigenvalue weighted by Crippen LogP contribution is 2.28. The van der Waals surface area contributed by atoms with Crippen LogP contribution in [-0.2, 0) is 4.74 Å². The normalized spacial score (nSPS) is 19.4. The predicted octanol–water partition coefficient (Wildman–Crippen LogP) is 4.38. The average molecular weight is 381 g/mol. The van der Waals surface area contributed by atoms with Crippen molar-refractivity contribution in [1.29, 1.82) is 0 Å². The van der Waals surface area contributed by atoms with E-state index in [-0.39, 0.29) is 23.6 Å². The van der Waals surface area contributed by atoms with E-state index in [1.54, 1.807) is 42.5 Å². The van der Waals surface area contributed by atoms with Gasteiger partial charge in [0.1, 0.15) is 0 Å². The molecule has 5 nitrogen and oxygen atoms in total. The molecule has 2 aromatic rings. The summed E-state index contributed by atoms with van der Waals surface area (Å²) in [6.07, 6.45) is 2.74. The molecule has 2 N–H and O–H groups in total. The topological polar surface area (TPSA) is 75.6 Å². The molecular weight excluding hydrogens is 354 g/mol. The van der Waals surface area contributed by atoms with E-state index < -0.39 is 5.97 Å². The molecule has 3 rings (SSSR count). The Kier molecular flexibility index (Phi) is 6.47. The molecule has 1 heterocycles. The summed E-state index contributed by atoms with van der Waals surface area (Å²) in [6, 6.07) is 14.0. The van der Waals surface area contributed by atoms with Gasteiger partial charge in [-0.2, -0.15) is 0 Å². The number of nitrogens with one attached hydrogen (secondary N) is 1. The SMILES string of the molecule is CC(C)CC1CC(NC(=O)c2ccccc2-c2ccccc2C(=O)O)CCO1. The lowest BCUT2D eigenvalue weighted by Gasteiger charge is -2.31. The molecule has 0 spiro atoms. The van der Waals surface area contributed by atoms with Crippen molar-refractivity contribution in [2.45, 2.75) is 45.3 Å². The third-order valence-electron chi connectivity index (χ3n) is 5.06. The number of rotatable bonds is 6. The van der Waals surface area contributed by atoms with Crippen LogP contribution in [0.1, 0.15) is 53.8 Å². The first-order chi connectivity index (χ1) is 13.5. The van der Waals surface area contributed by atoms with Gasteiger partial charge in [0.15, 0.2) is 0 Å². The molecule has 1 saturated heterocycles. The van der Waals surface area contributed by atoms with Crippen molar-refractivity contribution in [3.8, 4) is 11.1 Å². The summed E-state index contributed by atoms with van der Waals surface area (Å²) in [5, 5.41) is 12.6. The van der Waals surface area contributed by atoms with Gasteiger partial charge < -0.3 is 15.2 Å². The molecule has 1 aliphatic heterocycles. The van der Waals surface area contributed by atoms with Gasteiger partial charge in [-0.05, 0) is 48.4 Å². The fourth-order valence-corrected chi connectivity index (χ4v) is 3.78. The maximum absolute atomic E-state index is 13.0. The number of hydrogen-bond donors (Lipinski definition) is 2. The highest BCUT2D eigenvalue weighted by Gasteiger charge is 2.26. The van der Waals surface area contributed by atoms with Gasteiger partial charge in [0, 0.05) is 18.2 Å². The van der Waals surface area contributed by atoms with Crippen LogP contribution >= 0.6 is 0 Å². The first-order valence-corrected chi connectivity index (χ1v) is 9.80. The summed E-state index contributed by atoms with van der Waals surface area (Å²) in [7, 11) is 0. The Balaban J connectivity index is 1.81. The molecule has 2 atom stereocenters. The molecule has 0 radical (unpaired) electrons. The van der Waals surface area contributed by atoms with E-state index in [4.69, 9.17) is 4.74 Å². The number of ether oxygens (including phenoxy) is 1. The van der Waals surface area contributed by atoms with Gasteiger partial charge in [0.25, 0.3) is 5.91 Å². The van der Waals surface area contributed by atoms with Crippen molar-refractivity contribution >= 4 is 11.9 Å². The second-order valence-electron chi connectivity index (χ2n) is 7.71. The highest BCUT2D eigenvalue weighted by molar-refractivity contribution is 6.04. The van der Waals surface area contributed by atoms with Gasteiger partial charge in [-0.15, -0.1) is 0 Å². The number of carboxylic acid groups (broad SMARTS) is 1. The number of carbonyl (C=O) groups excluding carboxylic acids is 1. The summed E-state index contributed by atoms with van der Waals surface area (Å²) < 4.78 is 5.82. The Labute approximate surface area is 165 Å². The molecule has 1 aliphatic rings. The maximum atomic E-state index is 13.0. The van der Waals surface area contributed by atoms with Crippen LogP contribution in [0.3, 0.4) is 0 Å². The Bertz CT molecular complexity index is 846. The largest absolute Gasteiger partial charge is 0.478 e. The molecule has 0 aliphatic carbocycles. The molecule has 5 heteroatoms. The first kappa shape index (κ1) is 20.1. The summed E-state index contributed by atoms with van der Waals surface area (Å²) >= 11 is 0. The molecule has 1 amide bonds. The number of carboxylic acids is 1. The van der Waals surface area contributed by atoms with Crippen LogP contribution in [-0.4, -0.2) is 35.7 Å². The van der Waals surface area contributed by atoms with Gasteiger partial charge in [-0.3, -0.25) is 4.79 Å². The van der Waals surface area contributed by atoms with Crippen LogP contribution in [0.2, 0.25) is 0 Å². The molecule has 0 bridgehead atoms. The van der Waals surface area contributed by atoms with Crippen molar-refractivity contribution < 1.29 is 19.4 Å². The molecule has 0 aromatic heterocycles. The number of carbonyl (C=O) groups is 2. The van der Waals surface area contributed by atoms with E-state index in [2.05, 4.69) is 19.2 Å². The summed E-state index contributed by atoms with van der Waals surface area (Å²) in [5.41, 5.74) is 1.85. The third kappa shape index (κ3) is 4.78. The molecule has 2 aromatic carbocycles. The van der Waals surface area contributed by atoms with E-state index >= 15 is 0 Å². The number of amides is 1. The molecule has 28 heavy (non-hydrogen) atoms. The van der Waals surface area contributed by atoms with Crippen molar-refractivity contribution in [3.05, 3.63) is 59.7 Å². The zero-order valence-corrected chi connectivity index (χ0v) is 16.4. The standard InChI is InChI=1S/C23H27NO4/c1-15(2)13-17-14-16(11-12-28-17)24-22(25)20-9-5-3-7-18(20)19-8-4-6-10-21(19)23(26)27/h3-10,15-17H,11-14H2,1-2H3,(H,24,25)(H,26,27). The van der Waals surface area contributed by atoms with Crippen LogP contribution in [0.5, 0.6) is 0 Å². The minimum Gasteiger partial charge on any atom is -0.478 e. The zero-order valence-electron chi connectivity index (χ0n) is 16.4. The highest BCUT2D eigenvalue weighted by atomic mass is 16.5. The van der Waals surface area contributed by atoms with E-state index in [0.29, 0.717) is 29.2 Å². The molecule has 148 valence electrons. The summed E-state index contributed by atoms with van der Waals surface area (Å²) in [4.78, 5) is 24.6. The summed E-state index contributed by atoms with van der Waals surface area (Å²) in [5.74, 6) is -0.634. The Morgan fingerprint density at radius 1 is 1.07 bits per heavy atom. The monoisotopic (exact) mass is 381 g/mol. The Hall–Kier alpha value is -2.66. The number of hydrogen-bond acceptors (Lipinski definition) is 3. The van der Waals surface area contributed by atoms with Crippen LogP contribution < -0.4 is 5.32 Å². The number of benzene rings is 2. The molecule has 2 unspecified atom stereocenters. The van der Waals surface area contributed by atoms with E-state index in [0.717, 1.165) is 19.3 Å². The van der Waals surface area contributed by atoms with Crippen LogP contribution in [0.15, 0.2) is 48.5 Å². The van der Waals surface area contributed by atoms with E-state index in [1.165, 1.54) is 0 Å². The van der Waals surface area contributed by atoms with E-state index in [1.807, 2.05) is 6.07 Å². The van der Waals surface area contributed by atoms with Crippen LogP contribution in [0, 0.1) is 5.92 Å². The zero-order chi connectivity index (χ0) is 20.1. The van der Waals surface area contributed by atoms with Crippen molar-refractivity contribution in [2.75, 3.05) is 6.61 Å². The van der Waals surface area contributed by atoms with Crippen LogP contribution in [0.4, 0.5) is 0 Å². The second-order valence-corrected chi connectivity index (χ2v) is 7.71. The van der Waals surface area contributed by atoms with Crippen molar-refractivity contribution in [3.63, 3.8) is 0 Å².